The van der Waals surface area contributed by atoms with Crippen LogP contribution in [0.1, 0.15) is 23.6 Å². The summed E-state index contributed by atoms with van der Waals surface area (Å²) in [5, 5.41) is 11.0. The number of aryl methyl sites for hydroxylation is 2. The van der Waals surface area contributed by atoms with Gasteiger partial charge in [-0.05, 0) is 42.7 Å². The largest absolute Gasteiger partial charge is 0.494 e. The first-order chi connectivity index (χ1) is 10.2. The molecule has 3 heteroatoms. The minimum absolute atomic E-state index is 0.157. The van der Waals surface area contributed by atoms with E-state index in [-0.39, 0.29) is 5.88 Å². The third-order valence-corrected chi connectivity index (χ3v) is 3.66. The first-order valence-corrected chi connectivity index (χ1v) is 7.11. The summed E-state index contributed by atoms with van der Waals surface area (Å²) in [6.07, 6.45) is 2.73. The molecule has 0 amide bonds. The second-order valence-electron chi connectivity index (χ2n) is 5.21. The van der Waals surface area contributed by atoms with Crippen molar-refractivity contribution in [2.24, 2.45) is 4.99 Å². The Kier molecular flexibility index (Phi) is 3.48. The summed E-state index contributed by atoms with van der Waals surface area (Å²) >= 11 is 0. The highest BCUT2D eigenvalue weighted by atomic mass is 16.3. The van der Waals surface area contributed by atoms with E-state index in [1.54, 1.807) is 6.21 Å². The lowest BCUT2D eigenvalue weighted by atomic mass is 10.1. The molecular weight excluding hydrogens is 260 g/mol. The van der Waals surface area contributed by atoms with Gasteiger partial charge in [0.1, 0.15) is 0 Å². The molecule has 0 aliphatic carbocycles. The number of rotatable bonds is 3. The molecule has 106 valence electrons. The predicted octanol–water partition coefficient (Wildman–Crippen LogP) is 4.49. The van der Waals surface area contributed by atoms with Crippen LogP contribution in [-0.4, -0.2) is 16.3 Å². The van der Waals surface area contributed by atoms with Crippen LogP contribution in [0.2, 0.25) is 0 Å². The Bertz CT molecular complexity index is 798. The lowest BCUT2D eigenvalue weighted by Gasteiger charge is -1.97. The van der Waals surface area contributed by atoms with Gasteiger partial charge in [0.25, 0.3) is 0 Å². The zero-order chi connectivity index (χ0) is 14.8. The smallest absolute Gasteiger partial charge is 0.198 e. The molecule has 0 spiro atoms. The number of fused-ring (bicyclic) bond motifs is 1. The van der Waals surface area contributed by atoms with Gasteiger partial charge in [-0.3, -0.25) is 4.99 Å². The summed E-state index contributed by atoms with van der Waals surface area (Å²) in [5.74, 6) is 0.157. The van der Waals surface area contributed by atoms with Crippen molar-refractivity contribution in [3.05, 3.63) is 59.2 Å². The number of aromatic amines is 1. The average Bonchev–Trinajstić information content (AvgIpc) is 2.80. The van der Waals surface area contributed by atoms with Crippen LogP contribution in [0, 0.1) is 6.92 Å². The van der Waals surface area contributed by atoms with Gasteiger partial charge >= 0.3 is 0 Å². The highest BCUT2D eigenvalue weighted by molar-refractivity contribution is 6.02. The van der Waals surface area contributed by atoms with Crippen molar-refractivity contribution in [3.8, 4) is 5.88 Å². The average molecular weight is 278 g/mol. The number of H-pyrrole nitrogens is 1. The molecule has 0 bridgehead atoms. The van der Waals surface area contributed by atoms with Crippen LogP contribution in [0.4, 0.5) is 5.69 Å². The molecule has 1 aromatic heterocycles. The number of aromatic hydroxyl groups is 1. The summed E-state index contributed by atoms with van der Waals surface area (Å²) < 4.78 is 0. The zero-order valence-electron chi connectivity index (χ0n) is 12.2. The van der Waals surface area contributed by atoms with Crippen LogP contribution >= 0.6 is 0 Å². The number of benzene rings is 2. The van der Waals surface area contributed by atoms with Crippen LogP contribution < -0.4 is 0 Å². The molecule has 0 fully saturated rings. The van der Waals surface area contributed by atoms with E-state index in [2.05, 4.69) is 29.0 Å². The number of aliphatic imine (C=N–C) groups is 1. The number of aromatic nitrogens is 1. The van der Waals surface area contributed by atoms with E-state index in [0.717, 1.165) is 34.1 Å². The van der Waals surface area contributed by atoms with Gasteiger partial charge in [-0.1, -0.05) is 31.2 Å². The van der Waals surface area contributed by atoms with Crippen LogP contribution in [0.5, 0.6) is 5.88 Å². The Morgan fingerprint density at radius 3 is 2.62 bits per heavy atom. The minimum atomic E-state index is 0.157. The normalized spacial score (nSPS) is 11.5. The van der Waals surface area contributed by atoms with Crippen LogP contribution in [0.3, 0.4) is 0 Å². The fourth-order valence-electron chi connectivity index (χ4n) is 2.41. The van der Waals surface area contributed by atoms with Crippen LogP contribution in [0.25, 0.3) is 10.9 Å². The monoisotopic (exact) mass is 278 g/mol. The van der Waals surface area contributed by atoms with Crippen LogP contribution in [-0.2, 0) is 6.42 Å². The van der Waals surface area contributed by atoms with Crippen molar-refractivity contribution in [2.75, 3.05) is 0 Å². The number of hydrogen-bond donors (Lipinski definition) is 2. The van der Waals surface area contributed by atoms with Gasteiger partial charge < -0.3 is 10.1 Å². The quantitative estimate of drug-likeness (QED) is 0.681. The summed E-state index contributed by atoms with van der Waals surface area (Å²) in [7, 11) is 0. The van der Waals surface area contributed by atoms with E-state index in [4.69, 9.17) is 0 Å². The topological polar surface area (TPSA) is 48.4 Å². The number of hydrogen-bond acceptors (Lipinski definition) is 2. The number of nitrogens with zero attached hydrogens (tertiary/aromatic N) is 1. The second kappa shape index (κ2) is 5.44. The fraction of sp³-hybridized carbons (Fsp3) is 0.167. The van der Waals surface area contributed by atoms with Gasteiger partial charge in [0.15, 0.2) is 5.88 Å². The molecule has 3 rings (SSSR count). The van der Waals surface area contributed by atoms with Crippen LogP contribution in [0.15, 0.2) is 47.5 Å². The van der Waals surface area contributed by atoms with Gasteiger partial charge in [-0.2, -0.15) is 0 Å². The molecule has 0 atom stereocenters. The summed E-state index contributed by atoms with van der Waals surface area (Å²) in [4.78, 5) is 7.44. The Morgan fingerprint density at radius 1 is 1.14 bits per heavy atom. The lowest BCUT2D eigenvalue weighted by molar-refractivity contribution is 0.457. The molecule has 3 nitrogen and oxygen atoms in total. The summed E-state index contributed by atoms with van der Waals surface area (Å²) in [6.45, 7) is 4.16. The Labute approximate surface area is 124 Å². The molecule has 0 saturated carbocycles. The fourth-order valence-corrected chi connectivity index (χ4v) is 2.41. The van der Waals surface area contributed by atoms with Gasteiger partial charge in [0.2, 0.25) is 0 Å². The molecule has 2 aromatic carbocycles. The molecule has 3 aromatic rings. The van der Waals surface area contributed by atoms with Gasteiger partial charge in [-0.15, -0.1) is 0 Å². The highest BCUT2D eigenvalue weighted by Crippen LogP contribution is 2.27. The van der Waals surface area contributed by atoms with Crippen molar-refractivity contribution in [1.82, 2.24) is 4.98 Å². The van der Waals surface area contributed by atoms with E-state index < -0.39 is 0 Å². The second-order valence-corrected chi connectivity index (χ2v) is 5.21. The van der Waals surface area contributed by atoms with Crippen molar-refractivity contribution in [2.45, 2.75) is 20.3 Å². The third kappa shape index (κ3) is 2.68. The van der Waals surface area contributed by atoms with E-state index in [1.807, 2.05) is 37.3 Å². The molecule has 0 aliphatic heterocycles. The van der Waals surface area contributed by atoms with Crippen molar-refractivity contribution >= 4 is 22.8 Å². The maximum absolute atomic E-state index is 10.0. The molecule has 0 unspecified atom stereocenters. The predicted molar refractivity (Wildman–Crippen MR) is 87.8 cm³/mol. The molecular formula is C18H18N2O. The van der Waals surface area contributed by atoms with Gasteiger partial charge in [0.05, 0.1) is 11.3 Å². The first kappa shape index (κ1) is 13.4. The lowest BCUT2D eigenvalue weighted by Crippen LogP contribution is -1.80. The van der Waals surface area contributed by atoms with E-state index in [0.29, 0.717) is 0 Å². The SMILES string of the molecule is CCc1ccc(N=Cc2c(O)[nH]c3cc(C)ccc23)cc1. The minimum Gasteiger partial charge on any atom is -0.494 e. The standard InChI is InChI=1S/C18H18N2O/c1-3-13-5-7-14(8-6-13)19-11-16-15-9-4-12(2)10-17(15)20-18(16)21/h4-11,20-21H,3H2,1-2H3. The Morgan fingerprint density at radius 2 is 1.90 bits per heavy atom. The zero-order valence-corrected chi connectivity index (χ0v) is 12.2. The molecule has 0 radical (unpaired) electrons. The highest BCUT2D eigenvalue weighted by Gasteiger charge is 2.08. The molecule has 0 saturated heterocycles. The first-order valence-electron chi connectivity index (χ1n) is 7.11. The van der Waals surface area contributed by atoms with Gasteiger partial charge in [0, 0.05) is 17.1 Å². The molecule has 1 heterocycles. The maximum atomic E-state index is 10.0. The summed E-state index contributed by atoms with van der Waals surface area (Å²) in [5.41, 5.74) is 4.98. The molecule has 0 aliphatic rings. The van der Waals surface area contributed by atoms with E-state index >= 15 is 0 Å². The third-order valence-electron chi connectivity index (χ3n) is 3.66. The van der Waals surface area contributed by atoms with E-state index in [1.165, 1.54) is 5.56 Å². The maximum Gasteiger partial charge on any atom is 0.198 e. The number of nitrogens with one attached hydrogen (secondary N) is 1. The Balaban J connectivity index is 1.96. The molecule has 21 heavy (non-hydrogen) atoms. The Hall–Kier alpha value is -2.55. The molecule has 2 N–H and O–H groups in total. The van der Waals surface area contributed by atoms with E-state index in [9.17, 15) is 5.11 Å². The van der Waals surface area contributed by atoms with Gasteiger partial charge in [-0.25, -0.2) is 0 Å². The summed E-state index contributed by atoms with van der Waals surface area (Å²) in [6, 6.07) is 14.2. The van der Waals surface area contributed by atoms with Crippen molar-refractivity contribution in [3.63, 3.8) is 0 Å². The van der Waals surface area contributed by atoms with Crippen molar-refractivity contribution in [1.29, 1.82) is 0 Å². The van der Waals surface area contributed by atoms with Crippen molar-refractivity contribution < 1.29 is 5.11 Å².